The third kappa shape index (κ3) is 4.88. The van der Waals surface area contributed by atoms with Crippen LogP contribution in [0.3, 0.4) is 0 Å². The van der Waals surface area contributed by atoms with Gasteiger partial charge in [0.1, 0.15) is 5.69 Å². The zero-order chi connectivity index (χ0) is 23.5. The van der Waals surface area contributed by atoms with Gasteiger partial charge in [0.15, 0.2) is 5.78 Å². The normalized spacial score (nSPS) is 11.1. The van der Waals surface area contributed by atoms with Crippen molar-refractivity contribution in [2.75, 3.05) is 13.6 Å². The van der Waals surface area contributed by atoms with Crippen molar-refractivity contribution in [3.8, 4) is 0 Å². The molecule has 33 heavy (non-hydrogen) atoms. The van der Waals surface area contributed by atoms with Crippen LogP contribution in [-0.2, 0) is 13.1 Å². The van der Waals surface area contributed by atoms with Crippen LogP contribution in [0.15, 0.2) is 53.4 Å². The van der Waals surface area contributed by atoms with Crippen LogP contribution in [0, 0.1) is 5.41 Å². The predicted octanol–water partition coefficient (Wildman–Crippen LogP) is 4.73. The number of aryl methyl sites for hydroxylation is 1. The van der Waals surface area contributed by atoms with E-state index in [2.05, 4.69) is 4.98 Å². The van der Waals surface area contributed by atoms with Gasteiger partial charge in [-0.15, -0.1) is 11.3 Å². The summed E-state index contributed by atoms with van der Waals surface area (Å²) in [5.74, 6) is -0.265. The van der Waals surface area contributed by atoms with E-state index in [4.69, 9.17) is 28.6 Å². The lowest BCUT2D eigenvalue weighted by Gasteiger charge is -2.16. The number of halogens is 2. The Morgan fingerprint density at radius 3 is 2.58 bits per heavy atom. The van der Waals surface area contributed by atoms with Crippen LogP contribution in [0.4, 0.5) is 0 Å². The molecule has 4 aromatic rings. The van der Waals surface area contributed by atoms with Crippen molar-refractivity contribution in [1.82, 2.24) is 19.0 Å². The zero-order valence-electron chi connectivity index (χ0n) is 17.8. The van der Waals surface area contributed by atoms with E-state index in [1.165, 1.54) is 11.3 Å². The minimum absolute atomic E-state index is 0.00647. The Balaban J connectivity index is 1.56. The summed E-state index contributed by atoms with van der Waals surface area (Å²) in [6.07, 6.45) is 0.610. The highest BCUT2D eigenvalue weighted by Gasteiger charge is 2.18. The van der Waals surface area contributed by atoms with Crippen LogP contribution >= 0.6 is 34.5 Å². The molecular formula is C23H21Cl2N5O2S. The summed E-state index contributed by atoms with van der Waals surface area (Å²) < 4.78 is 3.44. The molecule has 1 amide bonds. The van der Waals surface area contributed by atoms with Gasteiger partial charge in [-0.1, -0.05) is 29.3 Å². The molecule has 0 radical (unpaired) electrons. The van der Waals surface area contributed by atoms with Crippen molar-refractivity contribution in [2.45, 2.75) is 19.5 Å². The highest BCUT2D eigenvalue weighted by molar-refractivity contribution is 7.07. The first kappa shape index (κ1) is 23.2. The van der Waals surface area contributed by atoms with Gasteiger partial charge in [-0.05, 0) is 42.8 Å². The number of para-hydroxylation sites is 1. The fourth-order valence-electron chi connectivity index (χ4n) is 3.68. The van der Waals surface area contributed by atoms with E-state index >= 15 is 0 Å². The number of nitrogens with zero attached hydrogens (tertiary/aromatic N) is 4. The highest BCUT2D eigenvalue weighted by Crippen LogP contribution is 2.23. The summed E-state index contributed by atoms with van der Waals surface area (Å²) in [5.41, 5.74) is 4.16. The summed E-state index contributed by atoms with van der Waals surface area (Å²) in [5, 5.41) is 11.5. The largest absolute Gasteiger partial charge is 0.340 e. The molecular weight excluding hydrogens is 481 g/mol. The van der Waals surface area contributed by atoms with E-state index in [9.17, 15) is 9.59 Å². The zero-order valence-corrected chi connectivity index (χ0v) is 20.1. The van der Waals surface area contributed by atoms with Crippen molar-refractivity contribution in [2.24, 2.45) is 0 Å². The number of aromatic nitrogens is 3. The Hall–Kier alpha value is -2.94. The van der Waals surface area contributed by atoms with Gasteiger partial charge in [-0.2, -0.15) is 0 Å². The Kier molecular flexibility index (Phi) is 6.97. The molecule has 2 heterocycles. The monoisotopic (exact) mass is 501 g/mol. The number of hydrogen-bond acceptors (Lipinski definition) is 5. The fourth-order valence-corrected chi connectivity index (χ4v) is 4.61. The number of carbonyl (C=O) groups excluding carboxylic acids is 2. The maximum atomic E-state index is 12.9. The van der Waals surface area contributed by atoms with Gasteiger partial charge in [0.25, 0.3) is 5.91 Å². The first-order valence-electron chi connectivity index (χ1n) is 10.2. The van der Waals surface area contributed by atoms with Crippen molar-refractivity contribution in [3.63, 3.8) is 0 Å². The number of imidazole rings is 1. The van der Waals surface area contributed by atoms with Crippen molar-refractivity contribution in [1.29, 1.82) is 5.41 Å². The number of hydrogen-bond donors (Lipinski definition) is 1. The molecule has 0 bridgehead atoms. The second-order valence-corrected chi connectivity index (χ2v) is 9.12. The third-order valence-electron chi connectivity index (χ3n) is 5.38. The van der Waals surface area contributed by atoms with Crippen LogP contribution in [0.5, 0.6) is 0 Å². The van der Waals surface area contributed by atoms with Gasteiger partial charge in [0.2, 0.25) is 5.62 Å². The van der Waals surface area contributed by atoms with E-state index in [0.29, 0.717) is 51.8 Å². The molecule has 0 aliphatic rings. The Bertz CT molecular complexity index is 1360. The fraction of sp³-hybridized carbons (Fsp3) is 0.217. The summed E-state index contributed by atoms with van der Waals surface area (Å²) in [7, 11) is 1.73. The number of ketones is 1. The summed E-state index contributed by atoms with van der Waals surface area (Å²) in [6, 6.07) is 12.1. The number of thiazole rings is 1. The van der Waals surface area contributed by atoms with Gasteiger partial charge >= 0.3 is 0 Å². The minimum atomic E-state index is -0.138. The molecule has 0 aliphatic carbocycles. The van der Waals surface area contributed by atoms with Crippen molar-refractivity contribution < 1.29 is 9.59 Å². The lowest BCUT2D eigenvalue weighted by Crippen LogP contribution is -2.31. The van der Waals surface area contributed by atoms with E-state index in [0.717, 1.165) is 0 Å². The van der Waals surface area contributed by atoms with Gasteiger partial charge in [-0.25, -0.2) is 4.98 Å². The van der Waals surface area contributed by atoms with E-state index in [-0.39, 0.29) is 23.9 Å². The first-order valence-corrected chi connectivity index (χ1v) is 11.9. The molecule has 1 N–H and O–H groups in total. The first-order chi connectivity index (χ1) is 15.9. The lowest BCUT2D eigenvalue weighted by molar-refractivity contribution is 0.0786. The molecule has 0 atom stereocenters. The molecule has 0 saturated carbocycles. The molecule has 4 rings (SSSR count). The van der Waals surface area contributed by atoms with E-state index in [1.807, 2.05) is 6.07 Å². The number of carbonyl (C=O) groups is 2. The number of amides is 1. The number of rotatable bonds is 8. The Labute approximate surface area is 204 Å². The van der Waals surface area contributed by atoms with E-state index < -0.39 is 0 Å². The molecule has 0 saturated heterocycles. The molecule has 0 aliphatic heterocycles. The SMILES string of the molecule is CN(CCCn1c(=N)n(CC(=O)c2ccc(Cl)cc2)c2cccc(Cl)c21)C(=O)c1cscn1. The molecule has 0 spiro atoms. The van der Waals surface area contributed by atoms with Crippen molar-refractivity contribution >= 4 is 57.3 Å². The minimum Gasteiger partial charge on any atom is -0.340 e. The average Bonchev–Trinajstić information content (AvgIpc) is 3.43. The second kappa shape index (κ2) is 9.91. The summed E-state index contributed by atoms with van der Waals surface area (Å²) in [4.78, 5) is 31.0. The summed E-state index contributed by atoms with van der Waals surface area (Å²) >= 11 is 13.8. The number of nitrogens with one attached hydrogen (secondary N) is 1. The van der Waals surface area contributed by atoms with Gasteiger partial charge in [0, 0.05) is 36.1 Å². The van der Waals surface area contributed by atoms with Crippen LogP contribution in [0.25, 0.3) is 11.0 Å². The molecule has 0 unspecified atom stereocenters. The van der Waals surface area contributed by atoms with Crippen LogP contribution < -0.4 is 5.62 Å². The lowest BCUT2D eigenvalue weighted by atomic mass is 10.1. The molecule has 7 nitrogen and oxygen atoms in total. The van der Waals surface area contributed by atoms with Gasteiger partial charge in [-0.3, -0.25) is 15.0 Å². The molecule has 170 valence electrons. The Morgan fingerprint density at radius 1 is 1.12 bits per heavy atom. The Morgan fingerprint density at radius 2 is 1.88 bits per heavy atom. The molecule has 2 aromatic carbocycles. The van der Waals surface area contributed by atoms with Crippen LogP contribution in [0.1, 0.15) is 27.3 Å². The molecule has 2 aromatic heterocycles. The average molecular weight is 502 g/mol. The van der Waals surface area contributed by atoms with Crippen LogP contribution in [0.2, 0.25) is 10.0 Å². The predicted molar refractivity (Wildman–Crippen MR) is 130 cm³/mol. The second-order valence-electron chi connectivity index (χ2n) is 7.55. The maximum absolute atomic E-state index is 12.9. The van der Waals surface area contributed by atoms with E-state index in [1.54, 1.807) is 68.4 Å². The van der Waals surface area contributed by atoms with Gasteiger partial charge < -0.3 is 14.0 Å². The number of benzene rings is 2. The molecule has 0 fully saturated rings. The number of fused-ring (bicyclic) bond motifs is 1. The smallest absolute Gasteiger partial charge is 0.273 e. The highest BCUT2D eigenvalue weighted by atomic mass is 35.5. The molecule has 10 heteroatoms. The topological polar surface area (TPSA) is 84.0 Å². The van der Waals surface area contributed by atoms with Crippen LogP contribution in [-0.4, -0.2) is 44.3 Å². The third-order valence-corrected chi connectivity index (χ3v) is 6.52. The summed E-state index contributed by atoms with van der Waals surface area (Å²) in [6.45, 7) is 0.964. The van der Waals surface area contributed by atoms with Crippen molar-refractivity contribution in [3.05, 3.63) is 80.3 Å². The maximum Gasteiger partial charge on any atom is 0.273 e. The number of Topliss-reactive ketones (excluding diaryl/α,β-unsaturated/α-hetero) is 1. The van der Waals surface area contributed by atoms with Gasteiger partial charge in [0.05, 0.1) is 28.1 Å². The standard InChI is InChI=1S/C23H21Cl2N5O2S/c1-28(22(32)18-13-33-14-27-18)10-3-11-29-21-17(25)4-2-5-19(21)30(23(29)26)12-20(31)15-6-8-16(24)9-7-15/h2,4-9,13-14,26H,3,10-12H2,1H3. The quantitative estimate of drug-likeness (QED) is 0.354.